The average Bonchev–Trinajstić information content (AvgIpc) is 2.99. The van der Waals surface area contributed by atoms with Gasteiger partial charge in [0.25, 0.3) is 0 Å². The number of rotatable bonds is 5. The molecule has 0 atom stereocenters. The van der Waals surface area contributed by atoms with Gasteiger partial charge in [0.2, 0.25) is 5.91 Å². The van der Waals surface area contributed by atoms with E-state index in [9.17, 15) is 4.79 Å². The number of pyridine rings is 1. The van der Waals surface area contributed by atoms with Crippen molar-refractivity contribution in [3.63, 3.8) is 0 Å². The summed E-state index contributed by atoms with van der Waals surface area (Å²) in [6, 6.07) is 7.52. The first-order valence-corrected chi connectivity index (χ1v) is 7.54. The molecule has 2 rings (SSSR count). The summed E-state index contributed by atoms with van der Waals surface area (Å²) in [5, 5.41) is 13.5. The van der Waals surface area contributed by atoms with Gasteiger partial charge >= 0.3 is 0 Å². The summed E-state index contributed by atoms with van der Waals surface area (Å²) in [7, 11) is 0. The topological polar surface area (TPSA) is 62.2 Å². The molecule has 2 aromatic rings. The Bertz CT molecular complexity index is 642. The largest absolute Gasteiger partial charge is 0.384 e. The van der Waals surface area contributed by atoms with E-state index in [4.69, 9.17) is 5.11 Å². The van der Waals surface area contributed by atoms with Gasteiger partial charge < -0.3 is 10.4 Å². The molecule has 5 heteroatoms. The number of amides is 1. The molecule has 0 radical (unpaired) electrons. The maximum Gasteiger partial charge on any atom is 0.225 e. The number of aryl methyl sites for hydroxylation is 1. The Balaban J connectivity index is 1.82. The van der Waals surface area contributed by atoms with Crippen LogP contribution in [-0.4, -0.2) is 22.6 Å². The van der Waals surface area contributed by atoms with Crippen molar-refractivity contribution >= 4 is 23.1 Å². The van der Waals surface area contributed by atoms with Crippen LogP contribution in [0.5, 0.6) is 0 Å². The Morgan fingerprint density at radius 1 is 1.43 bits per heavy atom. The second kappa shape index (κ2) is 8.20. The molecule has 2 N–H and O–H groups in total. The number of aliphatic hydroxyl groups is 1. The van der Waals surface area contributed by atoms with E-state index >= 15 is 0 Å². The van der Waals surface area contributed by atoms with E-state index in [-0.39, 0.29) is 12.5 Å². The van der Waals surface area contributed by atoms with Crippen molar-refractivity contribution in [1.82, 2.24) is 4.98 Å². The van der Waals surface area contributed by atoms with E-state index in [0.29, 0.717) is 17.8 Å². The molecule has 0 aliphatic rings. The van der Waals surface area contributed by atoms with Gasteiger partial charge in [0.1, 0.15) is 12.4 Å². The normalized spacial score (nSPS) is 9.76. The van der Waals surface area contributed by atoms with E-state index < -0.39 is 0 Å². The van der Waals surface area contributed by atoms with Gasteiger partial charge in [0.15, 0.2) is 0 Å². The summed E-state index contributed by atoms with van der Waals surface area (Å²) in [4.78, 5) is 17.2. The third-order valence-electron chi connectivity index (χ3n) is 2.75. The second-order valence-electron chi connectivity index (χ2n) is 4.37. The molecule has 0 bridgehead atoms. The number of nitrogens with one attached hydrogen (secondary N) is 1. The maximum atomic E-state index is 11.8. The summed E-state index contributed by atoms with van der Waals surface area (Å²) in [5.74, 6) is 5.78. The van der Waals surface area contributed by atoms with Crippen molar-refractivity contribution in [1.29, 1.82) is 0 Å². The zero-order valence-corrected chi connectivity index (χ0v) is 12.3. The average molecular weight is 300 g/mol. The minimum Gasteiger partial charge on any atom is -0.384 e. The molecule has 1 amide bonds. The van der Waals surface area contributed by atoms with Crippen LogP contribution in [-0.2, 0) is 11.2 Å². The number of hydrogen-bond acceptors (Lipinski definition) is 4. The summed E-state index contributed by atoms with van der Waals surface area (Å²) in [5.41, 5.74) is 0.716. The number of aromatic nitrogens is 1. The molecule has 21 heavy (non-hydrogen) atoms. The van der Waals surface area contributed by atoms with Crippen molar-refractivity contribution < 1.29 is 9.90 Å². The first kappa shape index (κ1) is 15.2. The lowest BCUT2D eigenvalue weighted by Gasteiger charge is -2.04. The molecule has 108 valence electrons. The van der Waals surface area contributed by atoms with Gasteiger partial charge in [-0.05, 0) is 36.4 Å². The van der Waals surface area contributed by atoms with Gasteiger partial charge in [-0.25, -0.2) is 4.98 Å². The third kappa shape index (κ3) is 5.38. The molecule has 0 saturated heterocycles. The summed E-state index contributed by atoms with van der Waals surface area (Å²) >= 11 is 1.71. The first-order chi connectivity index (χ1) is 10.3. The Labute approximate surface area is 127 Å². The highest BCUT2D eigenvalue weighted by Gasteiger charge is 2.04. The van der Waals surface area contributed by atoms with Crippen LogP contribution >= 0.6 is 11.3 Å². The first-order valence-electron chi connectivity index (χ1n) is 6.66. The standard InChI is InChI=1S/C16H16N2O2S/c19-10-2-4-13-8-9-17-15(12-13)18-16(20)7-1-5-14-6-3-11-21-14/h3,6,8-9,11-12,19H,1,5,7,10H2,(H,17,18,20). The molecule has 0 spiro atoms. The Kier molecular flexibility index (Phi) is 5.95. The van der Waals surface area contributed by atoms with Gasteiger partial charge in [-0.1, -0.05) is 17.9 Å². The highest BCUT2D eigenvalue weighted by molar-refractivity contribution is 7.09. The zero-order valence-electron chi connectivity index (χ0n) is 11.5. The van der Waals surface area contributed by atoms with Crippen LogP contribution in [0.25, 0.3) is 0 Å². The maximum absolute atomic E-state index is 11.8. The van der Waals surface area contributed by atoms with Gasteiger partial charge in [0.05, 0.1) is 0 Å². The minimum absolute atomic E-state index is 0.0497. The van der Waals surface area contributed by atoms with Crippen LogP contribution in [0.15, 0.2) is 35.8 Å². The van der Waals surface area contributed by atoms with Gasteiger partial charge in [-0.15, -0.1) is 11.3 Å². The molecular weight excluding hydrogens is 284 g/mol. The highest BCUT2D eigenvalue weighted by atomic mass is 32.1. The molecular formula is C16H16N2O2S. The number of nitrogens with zero attached hydrogens (tertiary/aromatic N) is 1. The number of anilines is 1. The van der Waals surface area contributed by atoms with E-state index in [0.717, 1.165) is 12.8 Å². The van der Waals surface area contributed by atoms with E-state index in [1.165, 1.54) is 4.88 Å². The van der Waals surface area contributed by atoms with Crippen molar-refractivity contribution in [3.05, 3.63) is 46.3 Å². The molecule has 2 heterocycles. The molecule has 0 fully saturated rings. The van der Waals surface area contributed by atoms with Crippen molar-refractivity contribution in [2.24, 2.45) is 0 Å². The van der Waals surface area contributed by atoms with Gasteiger partial charge in [-0.2, -0.15) is 0 Å². The fraction of sp³-hybridized carbons (Fsp3) is 0.250. The predicted molar refractivity (Wildman–Crippen MR) is 84.1 cm³/mol. The fourth-order valence-corrected chi connectivity index (χ4v) is 2.55. The number of hydrogen-bond donors (Lipinski definition) is 2. The Hall–Kier alpha value is -2.16. The number of aliphatic hydroxyl groups excluding tert-OH is 1. The van der Waals surface area contributed by atoms with Crippen LogP contribution in [0.1, 0.15) is 23.3 Å². The quantitative estimate of drug-likeness (QED) is 0.834. The monoisotopic (exact) mass is 300 g/mol. The Morgan fingerprint density at radius 3 is 3.10 bits per heavy atom. The van der Waals surface area contributed by atoms with E-state index in [1.54, 1.807) is 29.7 Å². The lowest BCUT2D eigenvalue weighted by molar-refractivity contribution is -0.116. The number of carbonyl (C=O) groups excluding carboxylic acids is 1. The van der Waals surface area contributed by atoms with Crippen LogP contribution in [0.4, 0.5) is 5.82 Å². The smallest absolute Gasteiger partial charge is 0.225 e. The molecule has 2 aromatic heterocycles. The molecule has 0 unspecified atom stereocenters. The summed E-state index contributed by atoms with van der Waals surface area (Å²) < 4.78 is 0. The van der Waals surface area contributed by atoms with Gasteiger partial charge in [-0.3, -0.25) is 4.79 Å². The van der Waals surface area contributed by atoms with Crippen molar-refractivity contribution in [2.75, 3.05) is 11.9 Å². The van der Waals surface area contributed by atoms with E-state index in [2.05, 4.69) is 28.2 Å². The minimum atomic E-state index is -0.188. The molecule has 0 aliphatic heterocycles. The SMILES string of the molecule is O=C(CCCc1cccs1)Nc1cc(C#CCO)ccn1. The lowest BCUT2D eigenvalue weighted by Crippen LogP contribution is -2.12. The summed E-state index contributed by atoms with van der Waals surface area (Å²) in [6.45, 7) is -0.188. The lowest BCUT2D eigenvalue weighted by atomic mass is 10.2. The van der Waals surface area contributed by atoms with Crippen LogP contribution in [0.2, 0.25) is 0 Å². The van der Waals surface area contributed by atoms with Gasteiger partial charge in [0, 0.05) is 23.1 Å². The summed E-state index contributed by atoms with van der Waals surface area (Å²) in [6.07, 6.45) is 3.78. The van der Waals surface area contributed by atoms with Crippen molar-refractivity contribution in [2.45, 2.75) is 19.3 Å². The zero-order chi connectivity index (χ0) is 14.9. The molecule has 0 aromatic carbocycles. The van der Waals surface area contributed by atoms with Crippen LogP contribution in [0, 0.1) is 11.8 Å². The fourth-order valence-electron chi connectivity index (χ4n) is 1.80. The van der Waals surface area contributed by atoms with Crippen LogP contribution in [0.3, 0.4) is 0 Å². The highest BCUT2D eigenvalue weighted by Crippen LogP contribution is 2.12. The Morgan fingerprint density at radius 2 is 2.33 bits per heavy atom. The predicted octanol–water partition coefficient (Wildman–Crippen LogP) is 2.45. The third-order valence-corrected chi connectivity index (χ3v) is 3.68. The van der Waals surface area contributed by atoms with E-state index in [1.807, 2.05) is 11.4 Å². The molecule has 4 nitrogen and oxygen atoms in total. The van der Waals surface area contributed by atoms with Crippen molar-refractivity contribution in [3.8, 4) is 11.8 Å². The number of carbonyl (C=O) groups is 1. The molecule has 0 saturated carbocycles. The molecule has 0 aliphatic carbocycles. The number of thiophene rings is 1. The van der Waals surface area contributed by atoms with Crippen LogP contribution < -0.4 is 5.32 Å². The second-order valence-corrected chi connectivity index (χ2v) is 5.40.